The number of halogens is 2. The largest absolute Gasteiger partial charge is 0.455 e. The second-order valence-electron chi connectivity index (χ2n) is 11.9. The number of benzene rings is 3. The summed E-state index contributed by atoms with van der Waals surface area (Å²) in [4.78, 5) is 22.9. The van der Waals surface area contributed by atoms with Crippen molar-refractivity contribution in [1.82, 2.24) is 14.4 Å². The number of Topliss-reactive ketones (excluding diaryl/α,β-unsaturated/α-hetero) is 1. The van der Waals surface area contributed by atoms with E-state index in [1.165, 1.54) is 49.5 Å². The molecule has 10 nitrogen and oxygen atoms in total. The summed E-state index contributed by atoms with van der Waals surface area (Å²) < 4.78 is 88.2. The first-order valence-corrected chi connectivity index (χ1v) is 19.0. The van der Waals surface area contributed by atoms with Crippen molar-refractivity contribution in [2.75, 3.05) is 23.9 Å². The molecule has 0 aliphatic heterocycles. The van der Waals surface area contributed by atoms with Crippen molar-refractivity contribution in [3.63, 3.8) is 0 Å². The molecule has 0 unspecified atom stereocenters. The van der Waals surface area contributed by atoms with Crippen molar-refractivity contribution in [2.45, 2.75) is 19.1 Å². The summed E-state index contributed by atoms with van der Waals surface area (Å²) >= 11 is 0. The van der Waals surface area contributed by atoms with E-state index >= 15 is 4.39 Å². The summed E-state index contributed by atoms with van der Waals surface area (Å²) in [5, 5.41) is 0.642. The van der Waals surface area contributed by atoms with Gasteiger partial charge in [0.1, 0.15) is 40.1 Å². The summed E-state index contributed by atoms with van der Waals surface area (Å²) in [7, 11) is -5.98. The Morgan fingerprint density at radius 2 is 1.63 bits per heavy atom. The minimum absolute atomic E-state index is 0.134. The van der Waals surface area contributed by atoms with Gasteiger partial charge < -0.3 is 4.42 Å². The molecule has 250 valence electrons. The van der Waals surface area contributed by atoms with Crippen LogP contribution in [0.1, 0.15) is 29.5 Å². The molecule has 4 aromatic heterocycles. The highest BCUT2D eigenvalue weighted by Crippen LogP contribution is 2.42. The van der Waals surface area contributed by atoms with Crippen LogP contribution in [0, 0.1) is 11.6 Å². The highest BCUT2D eigenvalue weighted by molar-refractivity contribution is 7.92. The number of sulfonamides is 1. The van der Waals surface area contributed by atoms with Crippen LogP contribution in [0.3, 0.4) is 0 Å². The number of hydrogen-bond donors (Lipinski definition) is 0. The van der Waals surface area contributed by atoms with Gasteiger partial charge in [-0.25, -0.2) is 35.6 Å². The third-order valence-electron chi connectivity index (χ3n) is 8.43. The molecule has 0 N–H and O–H groups in total. The lowest BCUT2D eigenvalue weighted by molar-refractivity contribution is 0.0989. The number of nitrogens with zero attached hydrogens (tertiary/aromatic N) is 4. The molecule has 0 amide bonds. The number of fused-ring (bicyclic) bond motifs is 6. The highest BCUT2D eigenvalue weighted by Gasteiger charge is 2.27. The predicted octanol–water partition coefficient (Wildman–Crippen LogP) is 6.93. The van der Waals surface area contributed by atoms with Gasteiger partial charge in [-0.2, -0.15) is 0 Å². The average molecular weight is 703 g/mol. The normalized spacial score (nSPS) is 12.4. The van der Waals surface area contributed by atoms with Gasteiger partial charge in [0, 0.05) is 47.7 Å². The number of ketones is 1. The summed E-state index contributed by atoms with van der Waals surface area (Å²) in [6, 6.07) is 17.9. The number of furan rings is 1. The van der Waals surface area contributed by atoms with Crippen molar-refractivity contribution in [1.29, 1.82) is 0 Å². The molecular formula is C35H28F2N4O6S2. The van der Waals surface area contributed by atoms with Crippen molar-refractivity contribution >= 4 is 69.8 Å². The standard InChI is InChI=1S/C35H28F2N4O6S2/c1-5-30(42)33-23-15-22(28(40(2)49(4,45)46)17-31(23)47-35(33)19-9-11-20(36)12-10-19)25-13-14-26-34(39-25)29-16-21-24(37)7-6-8-27(21)41(29)32(38-26)18-48(3,43)44/h6-17H,5,18H2,1-4H3. The highest BCUT2D eigenvalue weighted by atomic mass is 32.2. The molecule has 0 fully saturated rings. The molecule has 0 saturated carbocycles. The lowest BCUT2D eigenvalue weighted by Gasteiger charge is -2.20. The van der Waals surface area contributed by atoms with Gasteiger partial charge in [-0.15, -0.1) is 0 Å². The topological polar surface area (TPSA) is 132 Å². The van der Waals surface area contributed by atoms with E-state index in [-0.39, 0.29) is 46.0 Å². The van der Waals surface area contributed by atoms with Gasteiger partial charge in [0.15, 0.2) is 15.6 Å². The van der Waals surface area contributed by atoms with Crippen molar-refractivity contribution < 1.29 is 34.8 Å². The second-order valence-corrected chi connectivity index (χ2v) is 16.0. The Hall–Kier alpha value is -5.21. The summed E-state index contributed by atoms with van der Waals surface area (Å²) in [6.07, 6.45) is 2.27. The lowest BCUT2D eigenvalue weighted by atomic mass is 9.98. The van der Waals surface area contributed by atoms with Crippen LogP contribution in [0.25, 0.3) is 61.0 Å². The van der Waals surface area contributed by atoms with Gasteiger partial charge >= 0.3 is 0 Å². The molecule has 0 spiro atoms. The minimum atomic E-state index is -3.82. The zero-order chi connectivity index (χ0) is 35.0. The van der Waals surface area contributed by atoms with Crippen LogP contribution in [0.2, 0.25) is 0 Å². The Kier molecular flexibility index (Phi) is 7.56. The number of sulfone groups is 1. The summed E-state index contributed by atoms with van der Waals surface area (Å²) in [5.41, 5.74) is 3.21. The van der Waals surface area contributed by atoms with E-state index in [2.05, 4.69) is 4.98 Å². The van der Waals surface area contributed by atoms with Crippen LogP contribution in [0.5, 0.6) is 0 Å². The fourth-order valence-corrected chi connectivity index (χ4v) is 7.25. The van der Waals surface area contributed by atoms with Crippen LogP contribution < -0.4 is 4.31 Å². The third-order valence-corrected chi connectivity index (χ3v) is 10.4. The Bertz CT molecular complexity index is 2740. The van der Waals surface area contributed by atoms with E-state index in [0.29, 0.717) is 44.3 Å². The second kappa shape index (κ2) is 11.4. The van der Waals surface area contributed by atoms with Gasteiger partial charge in [0.25, 0.3) is 0 Å². The van der Waals surface area contributed by atoms with Gasteiger partial charge in [-0.3, -0.25) is 13.5 Å². The number of hydrogen-bond acceptors (Lipinski definition) is 8. The first-order chi connectivity index (χ1) is 23.1. The molecule has 0 aliphatic carbocycles. The maximum absolute atomic E-state index is 15.0. The van der Waals surface area contributed by atoms with E-state index in [1.807, 2.05) is 0 Å². The van der Waals surface area contributed by atoms with Crippen molar-refractivity contribution in [3.05, 3.63) is 95.8 Å². The summed E-state index contributed by atoms with van der Waals surface area (Å²) in [5.74, 6) is -1.24. The number of carbonyl (C=O) groups excluding carboxylic acids is 1. The average Bonchev–Trinajstić information content (AvgIpc) is 3.63. The zero-order valence-electron chi connectivity index (χ0n) is 26.7. The molecule has 0 radical (unpaired) electrons. The molecular weight excluding hydrogens is 675 g/mol. The van der Waals surface area contributed by atoms with Gasteiger partial charge in [-0.05, 0) is 60.7 Å². The quantitative estimate of drug-likeness (QED) is 0.156. The lowest BCUT2D eigenvalue weighted by Crippen LogP contribution is -2.25. The molecule has 7 aromatic rings. The van der Waals surface area contributed by atoms with E-state index in [0.717, 1.165) is 16.8 Å². The van der Waals surface area contributed by atoms with E-state index in [9.17, 15) is 26.0 Å². The number of pyridine rings is 1. The van der Waals surface area contributed by atoms with E-state index in [4.69, 9.17) is 9.40 Å². The molecule has 14 heteroatoms. The van der Waals surface area contributed by atoms with Crippen LogP contribution in [-0.2, 0) is 25.6 Å². The molecule has 4 heterocycles. The molecule has 49 heavy (non-hydrogen) atoms. The minimum Gasteiger partial charge on any atom is -0.455 e. The molecule has 0 saturated heterocycles. The first-order valence-electron chi connectivity index (χ1n) is 15.1. The molecule has 0 atom stereocenters. The van der Waals surface area contributed by atoms with Crippen LogP contribution in [0.15, 0.2) is 77.2 Å². The van der Waals surface area contributed by atoms with E-state index < -0.39 is 37.2 Å². The molecule has 7 rings (SSSR count). The number of rotatable bonds is 8. The maximum atomic E-state index is 15.0. The smallest absolute Gasteiger partial charge is 0.232 e. The SMILES string of the molecule is CCC(=O)c1c(-c2ccc(F)cc2)oc2cc(N(C)S(C)(=O)=O)c(-c3ccc4nc(CS(C)(=O)=O)n5c6cccc(F)c6cc5c4n3)cc12. The fourth-order valence-electron chi connectivity index (χ4n) is 6.08. The Balaban J connectivity index is 1.56. The molecule has 0 aliphatic rings. The number of carbonyl (C=O) groups is 1. The van der Waals surface area contributed by atoms with Crippen molar-refractivity contribution in [2.24, 2.45) is 0 Å². The Morgan fingerprint density at radius 1 is 0.898 bits per heavy atom. The van der Waals surface area contributed by atoms with Crippen molar-refractivity contribution in [3.8, 4) is 22.6 Å². The maximum Gasteiger partial charge on any atom is 0.232 e. The summed E-state index contributed by atoms with van der Waals surface area (Å²) in [6.45, 7) is 1.70. The predicted molar refractivity (Wildman–Crippen MR) is 185 cm³/mol. The van der Waals surface area contributed by atoms with Gasteiger partial charge in [0.2, 0.25) is 10.0 Å². The Morgan fingerprint density at radius 3 is 2.31 bits per heavy atom. The van der Waals surface area contributed by atoms with Gasteiger partial charge in [-0.1, -0.05) is 13.0 Å². The monoisotopic (exact) mass is 702 g/mol. The van der Waals surface area contributed by atoms with Crippen LogP contribution >= 0.6 is 0 Å². The van der Waals surface area contributed by atoms with Gasteiger partial charge in [0.05, 0.1) is 39.8 Å². The fraction of sp³-hybridized carbons (Fsp3) is 0.171. The zero-order valence-corrected chi connectivity index (χ0v) is 28.3. The number of anilines is 1. The number of aromatic nitrogens is 3. The van der Waals surface area contributed by atoms with Crippen LogP contribution in [-0.4, -0.2) is 56.5 Å². The first kappa shape index (κ1) is 32.3. The molecule has 3 aromatic carbocycles. The van der Waals surface area contributed by atoms with Crippen LogP contribution in [0.4, 0.5) is 14.5 Å². The Labute approximate surface area is 279 Å². The third kappa shape index (κ3) is 5.60. The molecule has 0 bridgehead atoms. The van der Waals surface area contributed by atoms with E-state index in [1.54, 1.807) is 41.7 Å².